The zero-order valence-corrected chi connectivity index (χ0v) is 9.56. The van der Waals surface area contributed by atoms with Crippen molar-refractivity contribution in [1.29, 1.82) is 0 Å². The van der Waals surface area contributed by atoms with Crippen molar-refractivity contribution in [3.8, 4) is 0 Å². The first-order valence-electron chi connectivity index (χ1n) is 2.99. The molecule has 0 radical (unpaired) electrons. The zero-order valence-electron chi connectivity index (χ0n) is 9.56. The van der Waals surface area contributed by atoms with E-state index in [0.29, 0.717) is 0 Å². The third-order valence-electron chi connectivity index (χ3n) is 0.805. The molecule has 4 N–H and O–H groups in total. The van der Waals surface area contributed by atoms with Crippen LogP contribution in [-0.4, -0.2) is 51.9 Å². The van der Waals surface area contributed by atoms with Crippen molar-refractivity contribution < 1.29 is 102 Å². The Bertz CT molecular complexity index is 182. The Morgan fingerprint density at radius 3 is 1.00 bits per heavy atom. The van der Waals surface area contributed by atoms with Gasteiger partial charge in [0.1, 0.15) is 0 Å². The van der Waals surface area contributed by atoms with Gasteiger partial charge in [0.15, 0.2) is 12.2 Å². The van der Waals surface area contributed by atoms with Crippen LogP contribution in [0.1, 0.15) is 0 Å². The van der Waals surface area contributed by atoms with Crippen LogP contribution in [0.15, 0.2) is 0 Å². The number of rotatable bonds is 3. The van der Waals surface area contributed by atoms with Crippen LogP contribution in [0.2, 0.25) is 0 Å². The van der Waals surface area contributed by atoms with Crippen molar-refractivity contribution in [3.05, 3.63) is 0 Å². The standard InChI is InChI=1S/C4H6O6.BO3.3Li/c5-1(3(7)8)2(6)4(9)10;2-1(3)4;;;/h1-2,5-6H,(H,7,8)(H,9,10);;;;/q;-3;3*+1. The molecular weight excluding hydrogens is 224 g/mol. The summed E-state index contributed by atoms with van der Waals surface area (Å²) in [5.74, 6) is -3.54. The van der Waals surface area contributed by atoms with Crippen molar-refractivity contribution in [2.24, 2.45) is 0 Å². The summed E-state index contributed by atoms with van der Waals surface area (Å²) in [6.45, 7) is 0. The Balaban J connectivity index is -0.0000000607. The van der Waals surface area contributed by atoms with Gasteiger partial charge in [0.2, 0.25) is 0 Å². The van der Waals surface area contributed by atoms with Crippen molar-refractivity contribution in [2.75, 3.05) is 0 Å². The largest absolute Gasteiger partial charge is 1.00 e. The number of carboxylic acids is 2. The van der Waals surface area contributed by atoms with E-state index in [0.717, 1.165) is 0 Å². The number of aliphatic hydroxyl groups is 2. The molecule has 0 amide bonds. The Morgan fingerprint density at radius 1 is 0.824 bits per heavy atom. The number of hydrogen-bond acceptors (Lipinski definition) is 7. The zero-order chi connectivity index (χ0) is 11.9. The maximum atomic E-state index is 9.77. The molecule has 0 fully saturated rings. The van der Waals surface area contributed by atoms with Crippen LogP contribution in [0.5, 0.6) is 0 Å². The van der Waals surface area contributed by atoms with Gasteiger partial charge in [-0.1, -0.05) is 0 Å². The SMILES string of the molecule is O=C(O)C(O)C(O)C(=O)O.[Li+].[Li+].[Li+].[O-]B([O-])[O-]. The molecule has 0 aliphatic carbocycles. The molecule has 0 spiro atoms. The van der Waals surface area contributed by atoms with E-state index in [9.17, 15) is 9.59 Å². The molecule has 0 rings (SSSR count). The van der Waals surface area contributed by atoms with Gasteiger partial charge in [-0.2, -0.15) is 0 Å². The summed E-state index contributed by atoms with van der Waals surface area (Å²) in [4.78, 5) is 19.5. The van der Waals surface area contributed by atoms with Gasteiger partial charge in [0.05, 0.1) is 0 Å². The summed E-state index contributed by atoms with van der Waals surface area (Å²) in [5, 5.41) is 57.8. The van der Waals surface area contributed by atoms with Crippen LogP contribution in [0.3, 0.4) is 0 Å². The summed E-state index contributed by atoms with van der Waals surface area (Å²) < 4.78 is 0. The monoisotopic (exact) mass is 230 g/mol. The van der Waals surface area contributed by atoms with E-state index in [4.69, 9.17) is 35.5 Å². The van der Waals surface area contributed by atoms with Crippen molar-refractivity contribution >= 4 is 19.3 Å². The molecule has 0 saturated heterocycles. The smallest absolute Gasteiger partial charge is 0.907 e. The molecule has 9 nitrogen and oxygen atoms in total. The molecule has 0 aliphatic heterocycles. The van der Waals surface area contributed by atoms with Gasteiger partial charge in [0.25, 0.3) is 0 Å². The summed E-state index contributed by atoms with van der Waals surface area (Å²) in [6, 6.07) is 0. The third kappa shape index (κ3) is 22.3. The number of aliphatic hydroxyl groups excluding tert-OH is 2. The van der Waals surface area contributed by atoms with E-state index in [1.807, 2.05) is 0 Å². The molecule has 0 saturated carbocycles. The molecule has 82 valence electrons. The van der Waals surface area contributed by atoms with E-state index in [-0.39, 0.29) is 56.6 Å². The number of aliphatic carboxylic acids is 2. The summed E-state index contributed by atoms with van der Waals surface area (Å²) in [5.41, 5.74) is 0. The molecule has 13 heteroatoms. The van der Waals surface area contributed by atoms with Gasteiger partial charge in [0, 0.05) is 0 Å². The van der Waals surface area contributed by atoms with Crippen molar-refractivity contribution in [1.82, 2.24) is 0 Å². The molecule has 0 aliphatic rings. The minimum absolute atomic E-state index is 0. The van der Waals surface area contributed by atoms with Crippen LogP contribution in [0.25, 0.3) is 0 Å². The molecule has 2 unspecified atom stereocenters. The van der Waals surface area contributed by atoms with Crippen molar-refractivity contribution in [2.45, 2.75) is 12.2 Å². The first-order valence-corrected chi connectivity index (χ1v) is 2.99. The maximum absolute atomic E-state index is 9.77. The van der Waals surface area contributed by atoms with Gasteiger partial charge in [-0.15, -0.1) is 0 Å². The fourth-order valence-corrected chi connectivity index (χ4v) is 0.270. The molecule has 0 aromatic heterocycles. The van der Waals surface area contributed by atoms with E-state index >= 15 is 0 Å². The predicted molar refractivity (Wildman–Crippen MR) is 33.0 cm³/mol. The number of carbonyl (C=O) groups is 2. The second-order valence-electron chi connectivity index (χ2n) is 1.85. The average molecular weight is 230 g/mol. The van der Waals surface area contributed by atoms with Crippen LogP contribution >= 0.6 is 0 Å². The Labute approximate surface area is 133 Å². The topological polar surface area (TPSA) is 184 Å². The van der Waals surface area contributed by atoms with Crippen LogP contribution in [0.4, 0.5) is 0 Å². The fraction of sp³-hybridized carbons (Fsp3) is 0.500. The quantitative estimate of drug-likeness (QED) is 0.341. The van der Waals surface area contributed by atoms with Crippen LogP contribution in [0, 0.1) is 0 Å². The molecule has 0 aromatic rings. The number of hydrogen-bond donors (Lipinski definition) is 4. The number of carboxylic acid groups (broad SMARTS) is 2. The second-order valence-corrected chi connectivity index (χ2v) is 1.85. The minimum atomic E-state index is -2.92. The molecule has 0 bridgehead atoms. The summed E-state index contributed by atoms with van der Waals surface area (Å²) >= 11 is 0. The van der Waals surface area contributed by atoms with Gasteiger partial charge < -0.3 is 35.5 Å². The van der Waals surface area contributed by atoms with Gasteiger partial charge in [-0.3, -0.25) is 7.32 Å². The maximum Gasteiger partial charge on any atom is 1.00 e. The predicted octanol–water partition coefficient (Wildman–Crippen LogP) is -15.1. The molecular formula is C4H6BLi3O9. The second kappa shape index (κ2) is 16.6. The molecule has 0 aromatic carbocycles. The Kier molecular flexibility index (Phi) is 29.8. The van der Waals surface area contributed by atoms with Gasteiger partial charge in [-0.25, -0.2) is 9.59 Å². The van der Waals surface area contributed by atoms with E-state index in [1.165, 1.54) is 0 Å². The Morgan fingerprint density at radius 2 is 0.941 bits per heavy atom. The Hall–Kier alpha value is 0.597. The minimum Gasteiger partial charge on any atom is -0.907 e. The first kappa shape index (κ1) is 30.5. The first-order chi connectivity index (χ1) is 6.20. The third-order valence-corrected chi connectivity index (χ3v) is 0.805. The molecule has 17 heavy (non-hydrogen) atoms. The van der Waals surface area contributed by atoms with Gasteiger partial charge in [-0.05, 0) is 0 Å². The normalized spacial score (nSPS) is 10.9. The average Bonchev–Trinajstić information content (AvgIpc) is 2.00. The van der Waals surface area contributed by atoms with Crippen LogP contribution in [-0.2, 0) is 9.59 Å². The van der Waals surface area contributed by atoms with E-state index in [1.54, 1.807) is 0 Å². The summed E-state index contributed by atoms with van der Waals surface area (Å²) in [7, 11) is -2.92. The molecule has 2 atom stereocenters. The van der Waals surface area contributed by atoms with E-state index < -0.39 is 31.5 Å². The fourth-order valence-electron chi connectivity index (χ4n) is 0.270. The van der Waals surface area contributed by atoms with E-state index in [2.05, 4.69) is 0 Å². The molecule has 0 heterocycles. The van der Waals surface area contributed by atoms with Crippen molar-refractivity contribution in [3.63, 3.8) is 0 Å². The summed E-state index contributed by atoms with van der Waals surface area (Å²) in [6.07, 6.45) is -4.53. The van der Waals surface area contributed by atoms with Gasteiger partial charge >= 0.3 is 68.5 Å². The van der Waals surface area contributed by atoms with Crippen LogP contribution < -0.4 is 71.7 Å².